The summed E-state index contributed by atoms with van der Waals surface area (Å²) in [5, 5.41) is 0.419. The molecule has 0 unspecified atom stereocenters. The molecule has 0 fully saturated rings. The third-order valence-electron chi connectivity index (χ3n) is 2.96. The number of fused-ring (bicyclic) bond motifs is 1. The fourth-order valence-electron chi connectivity index (χ4n) is 2.01. The van der Waals surface area contributed by atoms with Gasteiger partial charge in [-0.3, -0.25) is 0 Å². The second-order valence-electron chi connectivity index (χ2n) is 4.39. The summed E-state index contributed by atoms with van der Waals surface area (Å²) in [5.41, 5.74) is 1.60. The molecule has 3 rings (SSSR count). The fraction of sp³-hybridized carbons (Fsp3) is 0.286. The molecular weight excluding hydrogens is 407 g/mol. The summed E-state index contributed by atoms with van der Waals surface area (Å²) in [7, 11) is 1.62. The zero-order valence-corrected chi connectivity index (χ0v) is 14.1. The molecule has 110 valence electrons. The van der Waals surface area contributed by atoms with Crippen LogP contribution in [0.15, 0.2) is 18.2 Å². The van der Waals surface area contributed by atoms with E-state index in [2.05, 4.69) is 32.6 Å². The Morgan fingerprint density at radius 1 is 1.24 bits per heavy atom. The number of ether oxygens (including phenoxy) is 3. The molecule has 0 N–H and O–H groups in total. The van der Waals surface area contributed by atoms with Gasteiger partial charge in [0.1, 0.15) is 18.4 Å². The van der Waals surface area contributed by atoms with Crippen molar-refractivity contribution in [3.63, 3.8) is 0 Å². The molecule has 0 amide bonds. The minimum absolute atomic E-state index is 0.387. The van der Waals surface area contributed by atoms with Crippen LogP contribution in [-0.4, -0.2) is 30.3 Å². The van der Waals surface area contributed by atoms with Gasteiger partial charge in [-0.1, -0.05) is 11.6 Å². The van der Waals surface area contributed by atoms with E-state index in [0.29, 0.717) is 36.5 Å². The van der Waals surface area contributed by atoms with Gasteiger partial charge in [-0.2, -0.15) is 0 Å². The standard InChI is InChI=1S/C14H12ClIN2O3/c1-19-7-9-12(16)13(15)18-14(17-9)8-2-3-10-11(6-8)21-5-4-20-10/h2-3,6H,4-5,7H2,1H3. The van der Waals surface area contributed by atoms with Crippen molar-refractivity contribution < 1.29 is 14.2 Å². The van der Waals surface area contributed by atoms with Gasteiger partial charge in [-0.15, -0.1) is 0 Å². The van der Waals surface area contributed by atoms with Crippen LogP contribution < -0.4 is 9.47 Å². The largest absolute Gasteiger partial charge is 0.486 e. The van der Waals surface area contributed by atoms with Crippen LogP contribution in [0.1, 0.15) is 5.69 Å². The Bertz CT molecular complexity index is 682. The van der Waals surface area contributed by atoms with Crippen LogP contribution in [0.4, 0.5) is 0 Å². The number of hydrogen-bond acceptors (Lipinski definition) is 5. The first kappa shape index (κ1) is 14.8. The van der Waals surface area contributed by atoms with Crippen molar-refractivity contribution in [2.24, 2.45) is 0 Å². The van der Waals surface area contributed by atoms with E-state index in [4.69, 9.17) is 25.8 Å². The summed E-state index contributed by atoms with van der Waals surface area (Å²) in [6, 6.07) is 5.61. The smallest absolute Gasteiger partial charge is 0.162 e. The highest BCUT2D eigenvalue weighted by atomic mass is 127. The summed E-state index contributed by atoms with van der Waals surface area (Å²) in [4.78, 5) is 8.85. The molecular formula is C14H12ClIN2O3. The fourth-order valence-corrected chi connectivity index (χ4v) is 2.59. The maximum atomic E-state index is 6.18. The molecule has 2 heterocycles. The average molecular weight is 419 g/mol. The molecule has 7 heteroatoms. The Morgan fingerprint density at radius 2 is 2.00 bits per heavy atom. The molecule has 0 saturated carbocycles. The molecule has 0 saturated heterocycles. The zero-order valence-electron chi connectivity index (χ0n) is 11.2. The van der Waals surface area contributed by atoms with Crippen LogP contribution in [0.2, 0.25) is 5.15 Å². The van der Waals surface area contributed by atoms with Gasteiger partial charge < -0.3 is 14.2 Å². The van der Waals surface area contributed by atoms with E-state index >= 15 is 0 Å². The lowest BCUT2D eigenvalue weighted by atomic mass is 10.1. The van der Waals surface area contributed by atoms with Crippen LogP contribution in [0, 0.1) is 3.57 Å². The predicted octanol–water partition coefficient (Wildman–Crippen LogP) is 3.32. The average Bonchev–Trinajstić information content (AvgIpc) is 2.51. The number of halogens is 2. The van der Waals surface area contributed by atoms with E-state index in [-0.39, 0.29) is 0 Å². The monoisotopic (exact) mass is 418 g/mol. The Balaban J connectivity index is 2.03. The van der Waals surface area contributed by atoms with E-state index in [0.717, 1.165) is 20.6 Å². The maximum absolute atomic E-state index is 6.18. The number of aromatic nitrogens is 2. The molecule has 2 aromatic rings. The van der Waals surface area contributed by atoms with Crippen molar-refractivity contribution in [3.8, 4) is 22.9 Å². The lowest BCUT2D eigenvalue weighted by Crippen LogP contribution is -2.15. The highest BCUT2D eigenvalue weighted by molar-refractivity contribution is 14.1. The highest BCUT2D eigenvalue weighted by Gasteiger charge is 2.16. The summed E-state index contributed by atoms with van der Waals surface area (Å²) >= 11 is 8.30. The molecule has 0 spiro atoms. The molecule has 0 aliphatic carbocycles. The molecule has 1 aromatic heterocycles. The highest BCUT2D eigenvalue weighted by Crippen LogP contribution is 2.34. The first-order valence-corrected chi connectivity index (χ1v) is 7.75. The summed E-state index contributed by atoms with van der Waals surface area (Å²) in [5.74, 6) is 1.98. The second kappa shape index (κ2) is 6.33. The van der Waals surface area contributed by atoms with E-state index < -0.39 is 0 Å². The Labute approximate surface area is 140 Å². The van der Waals surface area contributed by atoms with Crippen molar-refractivity contribution in [2.45, 2.75) is 6.61 Å². The first-order valence-electron chi connectivity index (χ1n) is 6.30. The van der Waals surface area contributed by atoms with Crippen molar-refractivity contribution in [2.75, 3.05) is 20.3 Å². The normalized spacial score (nSPS) is 13.3. The molecule has 0 atom stereocenters. The van der Waals surface area contributed by atoms with Gasteiger partial charge in [0.15, 0.2) is 17.3 Å². The summed E-state index contributed by atoms with van der Waals surface area (Å²) in [6.07, 6.45) is 0. The summed E-state index contributed by atoms with van der Waals surface area (Å²) < 4.78 is 17.0. The lowest BCUT2D eigenvalue weighted by molar-refractivity contribution is 0.171. The van der Waals surface area contributed by atoms with E-state index in [1.165, 1.54) is 0 Å². The molecule has 0 bridgehead atoms. The van der Waals surface area contributed by atoms with Crippen molar-refractivity contribution >= 4 is 34.2 Å². The van der Waals surface area contributed by atoms with Crippen LogP contribution in [0.25, 0.3) is 11.4 Å². The molecule has 1 aromatic carbocycles. The molecule has 21 heavy (non-hydrogen) atoms. The first-order chi connectivity index (χ1) is 10.2. The van der Waals surface area contributed by atoms with Crippen LogP contribution in [-0.2, 0) is 11.3 Å². The SMILES string of the molecule is COCc1nc(-c2ccc3c(c2)OCCO3)nc(Cl)c1I. The summed E-state index contributed by atoms with van der Waals surface area (Å²) in [6.45, 7) is 1.49. The van der Waals surface area contributed by atoms with Gasteiger partial charge in [0.25, 0.3) is 0 Å². The third-order valence-corrected chi connectivity index (χ3v) is 4.69. The zero-order chi connectivity index (χ0) is 14.8. The van der Waals surface area contributed by atoms with Crippen LogP contribution >= 0.6 is 34.2 Å². The van der Waals surface area contributed by atoms with Crippen LogP contribution in [0.3, 0.4) is 0 Å². The van der Waals surface area contributed by atoms with E-state index in [9.17, 15) is 0 Å². The number of hydrogen-bond donors (Lipinski definition) is 0. The van der Waals surface area contributed by atoms with Crippen molar-refractivity contribution in [1.29, 1.82) is 0 Å². The topological polar surface area (TPSA) is 53.5 Å². The van der Waals surface area contributed by atoms with Crippen LogP contribution in [0.5, 0.6) is 11.5 Å². The lowest BCUT2D eigenvalue weighted by Gasteiger charge is -2.18. The minimum Gasteiger partial charge on any atom is -0.486 e. The molecule has 1 aliphatic heterocycles. The minimum atomic E-state index is 0.387. The Morgan fingerprint density at radius 3 is 2.76 bits per heavy atom. The number of nitrogens with zero attached hydrogens (tertiary/aromatic N) is 2. The quantitative estimate of drug-likeness (QED) is 0.565. The number of rotatable bonds is 3. The van der Waals surface area contributed by atoms with Gasteiger partial charge in [0, 0.05) is 12.7 Å². The number of methoxy groups -OCH3 is 1. The Kier molecular flexibility index (Phi) is 4.46. The maximum Gasteiger partial charge on any atom is 0.162 e. The molecule has 0 radical (unpaired) electrons. The van der Waals surface area contributed by atoms with E-state index in [1.54, 1.807) is 7.11 Å². The number of benzene rings is 1. The molecule has 1 aliphatic rings. The van der Waals surface area contributed by atoms with Gasteiger partial charge in [-0.25, -0.2) is 9.97 Å². The van der Waals surface area contributed by atoms with E-state index in [1.807, 2.05) is 18.2 Å². The second-order valence-corrected chi connectivity index (χ2v) is 5.83. The van der Waals surface area contributed by atoms with Gasteiger partial charge >= 0.3 is 0 Å². The van der Waals surface area contributed by atoms with Gasteiger partial charge in [0.05, 0.1) is 15.9 Å². The van der Waals surface area contributed by atoms with Gasteiger partial charge in [-0.05, 0) is 40.8 Å². The van der Waals surface area contributed by atoms with Gasteiger partial charge in [0.2, 0.25) is 0 Å². The van der Waals surface area contributed by atoms with Crippen molar-refractivity contribution in [1.82, 2.24) is 9.97 Å². The van der Waals surface area contributed by atoms with Crippen molar-refractivity contribution in [3.05, 3.63) is 32.6 Å². The Hall–Kier alpha value is -1.12. The third kappa shape index (κ3) is 3.07. The molecule has 5 nitrogen and oxygen atoms in total. The predicted molar refractivity (Wildman–Crippen MR) is 86.9 cm³/mol.